The van der Waals surface area contributed by atoms with Crippen LogP contribution in [0.2, 0.25) is 0 Å². The van der Waals surface area contributed by atoms with Gasteiger partial charge in [0.25, 0.3) is 0 Å². The molecule has 0 aliphatic heterocycles. The topological polar surface area (TPSA) is 50.3 Å². The fourth-order valence-electron chi connectivity index (χ4n) is 1.06. The van der Waals surface area contributed by atoms with Crippen LogP contribution >= 0.6 is 22.9 Å². The van der Waals surface area contributed by atoms with Crippen LogP contribution in [0.15, 0.2) is 5.38 Å². The van der Waals surface area contributed by atoms with E-state index in [0.717, 1.165) is 10.7 Å². The first-order chi connectivity index (χ1) is 6.95. The van der Waals surface area contributed by atoms with Crippen molar-refractivity contribution in [2.24, 2.45) is 0 Å². The van der Waals surface area contributed by atoms with Gasteiger partial charge in [-0.3, -0.25) is 0 Å². The Morgan fingerprint density at radius 3 is 2.73 bits per heavy atom. The number of aromatic nitrogens is 1. The van der Waals surface area contributed by atoms with Crippen molar-refractivity contribution in [3.8, 4) is 0 Å². The minimum Gasteiger partial charge on any atom is -0.245 e. The Kier molecular flexibility index (Phi) is 4.51. The molecule has 7 heteroatoms. The van der Waals surface area contributed by atoms with Gasteiger partial charge < -0.3 is 0 Å². The molecule has 0 saturated heterocycles. The van der Waals surface area contributed by atoms with E-state index in [1.165, 1.54) is 22.7 Å². The van der Waals surface area contributed by atoms with Gasteiger partial charge in [0.15, 0.2) is 0 Å². The van der Waals surface area contributed by atoms with Gasteiger partial charge in [0.05, 0.1) is 23.0 Å². The number of nitrogens with zero attached hydrogens (tertiary/aromatic N) is 2. The molecule has 4 nitrogen and oxygen atoms in total. The van der Waals surface area contributed by atoms with Crippen molar-refractivity contribution in [3.63, 3.8) is 0 Å². The van der Waals surface area contributed by atoms with Gasteiger partial charge in [-0.25, -0.2) is 13.4 Å². The molecule has 1 rings (SSSR count). The van der Waals surface area contributed by atoms with E-state index in [9.17, 15) is 8.42 Å². The van der Waals surface area contributed by atoms with Crippen LogP contribution in [0.25, 0.3) is 0 Å². The Morgan fingerprint density at radius 2 is 2.27 bits per heavy atom. The summed E-state index contributed by atoms with van der Waals surface area (Å²) in [6, 6.07) is 0. The van der Waals surface area contributed by atoms with Crippen LogP contribution in [0.5, 0.6) is 0 Å². The van der Waals surface area contributed by atoms with Gasteiger partial charge >= 0.3 is 0 Å². The summed E-state index contributed by atoms with van der Waals surface area (Å²) in [5, 5.41) is 2.80. The minimum atomic E-state index is -3.23. The lowest BCUT2D eigenvalue weighted by atomic mass is 10.5. The Morgan fingerprint density at radius 1 is 1.60 bits per heavy atom. The first-order valence-corrected chi connectivity index (χ1v) is 7.39. The number of aryl methyl sites for hydroxylation is 1. The highest BCUT2D eigenvalue weighted by molar-refractivity contribution is 7.89. The second-order valence-corrected chi connectivity index (χ2v) is 6.75. The largest absolute Gasteiger partial charge is 0.245 e. The van der Waals surface area contributed by atoms with Gasteiger partial charge in [0.2, 0.25) is 10.0 Å². The van der Waals surface area contributed by atoms with E-state index >= 15 is 0 Å². The Hall–Kier alpha value is -0.170. The maximum absolute atomic E-state index is 11.6. The van der Waals surface area contributed by atoms with Gasteiger partial charge in [0.1, 0.15) is 0 Å². The minimum absolute atomic E-state index is 0.0336. The maximum atomic E-state index is 11.6. The van der Waals surface area contributed by atoms with E-state index < -0.39 is 10.0 Å². The summed E-state index contributed by atoms with van der Waals surface area (Å²) in [6.45, 7) is 2.20. The molecular weight excluding hydrogens is 256 g/mol. The highest BCUT2D eigenvalue weighted by Gasteiger charge is 2.17. The second-order valence-electron chi connectivity index (χ2n) is 3.12. The number of alkyl halides is 1. The molecule has 0 spiro atoms. The smallest absolute Gasteiger partial charge is 0.215 e. The second kappa shape index (κ2) is 5.25. The summed E-state index contributed by atoms with van der Waals surface area (Å²) in [7, 11) is -1.70. The standard InChI is InChI=1S/C8H13ClN2O2S2/c1-7-10-8(6-14-7)5-11(2)15(12,13)4-3-9/h6H,3-5H2,1-2H3. The third-order valence-electron chi connectivity index (χ3n) is 1.86. The normalized spacial score (nSPS) is 12.3. The molecule has 1 aromatic rings. The van der Waals surface area contributed by atoms with Crippen molar-refractivity contribution >= 4 is 33.0 Å². The Balaban J connectivity index is 2.67. The van der Waals surface area contributed by atoms with Gasteiger partial charge in [-0.05, 0) is 6.92 Å². The molecule has 0 atom stereocenters. The van der Waals surface area contributed by atoms with Gasteiger partial charge in [-0.1, -0.05) is 0 Å². The highest BCUT2D eigenvalue weighted by Crippen LogP contribution is 2.11. The summed E-state index contributed by atoms with van der Waals surface area (Å²) >= 11 is 6.93. The monoisotopic (exact) mass is 268 g/mol. The molecule has 0 amide bonds. The predicted octanol–water partition coefficient (Wildman–Crippen LogP) is 1.45. The van der Waals surface area contributed by atoms with E-state index in [1.807, 2.05) is 12.3 Å². The average molecular weight is 269 g/mol. The van der Waals surface area contributed by atoms with Crippen LogP contribution in [0.3, 0.4) is 0 Å². The average Bonchev–Trinajstić information content (AvgIpc) is 2.51. The summed E-state index contributed by atoms with van der Waals surface area (Å²) in [5.41, 5.74) is 0.776. The molecule has 1 heterocycles. The van der Waals surface area contributed by atoms with E-state index in [4.69, 9.17) is 11.6 Å². The van der Waals surface area contributed by atoms with Gasteiger partial charge in [-0.2, -0.15) is 4.31 Å². The maximum Gasteiger partial charge on any atom is 0.215 e. The van der Waals surface area contributed by atoms with E-state index in [2.05, 4.69) is 4.98 Å². The number of hydrogen-bond acceptors (Lipinski definition) is 4. The Labute approximate surface area is 98.9 Å². The Bertz CT molecular complexity index is 416. The third kappa shape index (κ3) is 3.71. The number of thiazole rings is 1. The van der Waals surface area contributed by atoms with Crippen molar-refractivity contribution in [3.05, 3.63) is 16.1 Å². The molecule has 0 aliphatic rings. The molecule has 0 aliphatic carbocycles. The van der Waals surface area contributed by atoms with Crippen LogP contribution < -0.4 is 0 Å². The zero-order valence-corrected chi connectivity index (χ0v) is 11.0. The van der Waals surface area contributed by atoms with E-state index in [0.29, 0.717) is 6.54 Å². The molecule has 0 radical (unpaired) electrons. The lowest BCUT2D eigenvalue weighted by Gasteiger charge is -2.14. The van der Waals surface area contributed by atoms with Crippen molar-refractivity contribution in [2.45, 2.75) is 13.5 Å². The summed E-state index contributed by atoms with van der Waals surface area (Å²) in [4.78, 5) is 4.20. The number of rotatable bonds is 5. The molecule has 0 N–H and O–H groups in total. The van der Waals surface area contributed by atoms with Crippen molar-refractivity contribution in [2.75, 3.05) is 18.7 Å². The van der Waals surface area contributed by atoms with Crippen LogP contribution in [-0.4, -0.2) is 36.4 Å². The predicted molar refractivity (Wildman–Crippen MR) is 62.8 cm³/mol. The van der Waals surface area contributed by atoms with Crippen LogP contribution in [0, 0.1) is 6.92 Å². The molecule has 0 bridgehead atoms. The first kappa shape index (κ1) is 12.9. The molecular formula is C8H13ClN2O2S2. The zero-order chi connectivity index (χ0) is 11.5. The summed E-state index contributed by atoms with van der Waals surface area (Å²) < 4.78 is 24.4. The zero-order valence-electron chi connectivity index (χ0n) is 8.60. The van der Waals surface area contributed by atoms with Gasteiger partial charge in [0, 0.05) is 18.3 Å². The number of sulfonamides is 1. The van der Waals surface area contributed by atoms with Crippen LogP contribution in [0.4, 0.5) is 0 Å². The number of halogens is 1. The van der Waals surface area contributed by atoms with Crippen molar-refractivity contribution < 1.29 is 8.42 Å². The van der Waals surface area contributed by atoms with E-state index in [-0.39, 0.29) is 11.6 Å². The summed E-state index contributed by atoms with van der Waals surface area (Å²) in [6.07, 6.45) is 0. The molecule has 1 aromatic heterocycles. The molecule has 0 aromatic carbocycles. The molecule has 0 fully saturated rings. The third-order valence-corrected chi connectivity index (χ3v) is 4.90. The lowest BCUT2D eigenvalue weighted by Crippen LogP contribution is -2.29. The van der Waals surface area contributed by atoms with Crippen molar-refractivity contribution in [1.82, 2.24) is 9.29 Å². The fraction of sp³-hybridized carbons (Fsp3) is 0.625. The molecule has 86 valence electrons. The van der Waals surface area contributed by atoms with Gasteiger partial charge in [-0.15, -0.1) is 22.9 Å². The van der Waals surface area contributed by atoms with E-state index in [1.54, 1.807) is 0 Å². The number of hydrogen-bond donors (Lipinski definition) is 0. The van der Waals surface area contributed by atoms with Crippen LogP contribution in [-0.2, 0) is 16.6 Å². The van der Waals surface area contributed by atoms with Crippen LogP contribution in [0.1, 0.15) is 10.7 Å². The quantitative estimate of drug-likeness (QED) is 0.760. The SMILES string of the molecule is Cc1nc(CN(C)S(=O)(=O)CCCl)cs1. The molecule has 15 heavy (non-hydrogen) atoms. The molecule has 0 unspecified atom stereocenters. The highest BCUT2D eigenvalue weighted by atomic mass is 35.5. The summed E-state index contributed by atoms with van der Waals surface area (Å²) in [5.74, 6) is 0.0803. The first-order valence-electron chi connectivity index (χ1n) is 4.36. The fourth-order valence-corrected chi connectivity index (χ4v) is 3.09. The molecule has 0 saturated carbocycles. The lowest BCUT2D eigenvalue weighted by molar-refractivity contribution is 0.464. The van der Waals surface area contributed by atoms with Crippen molar-refractivity contribution in [1.29, 1.82) is 0 Å².